The average Bonchev–Trinajstić information content (AvgIpc) is 2.72. The van der Waals surface area contributed by atoms with Crippen molar-refractivity contribution in [3.05, 3.63) is 53.1 Å². The van der Waals surface area contributed by atoms with Crippen LogP contribution in [0.25, 0.3) is 0 Å². The minimum absolute atomic E-state index is 0.105. The number of carbonyl (C=O) groups is 2. The minimum Gasteiger partial charge on any atom is -0.382 e. The van der Waals surface area contributed by atoms with Crippen molar-refractivity contribution in [3.63, 3.8) is 0 Å². The van der Waals surface area contributed by atoms with Crippen molar-refractivity contribution in [3.8, 4) is 0 Å². The molecule has 2 amide bonds. The standard InChI is InChI=1S/C23H28N4O2/c1-15-3-7-19(20(13-15)25-17-9-11-24-12-10-17)23(29)26-18-6-4-16-5-8-22(28)27(2)21(16)14-18/h3-4,6-7,13-14,17,24-25H,5,8-12H2,1-2H3,(H,26,29). The van der Waals surface area contributed by atoms with Crippen molar-refractivity contribution in [2.75, 3.05) is 35.7 Å². The van der Waals surface area contributed by atoms with Crippen molar-refractivity contribution in [2.24, 2.45) is 0 Å². The van der Waals surface area contributed by atoms with E-state index in [-0.39, 0.29) is 11.8 Å². The summed E-state index contributed by atoms with van der Waals surface area (Å²) in [5.41, 5.74) is 5.33. The van der Waals surface area contributed by atoms with E-state index < -0.39 is 0 Å². The second-order valence-electron chi connectivity index (χ2n) is 7.97. The zero-order valence-electron chi connectivity index (χ0n) is 17.0. The first-order valence-corrected chi connectivity index (χ1v) is 10.3. The summed E-state index contributed by atoms with van der Waals surface area (Å²) in [6.45, 7) is 4.02. The Bertz CT molecular complexity index is 934. The monoisotopic (exact) mass is 392 g/mol. The van der Waals surface area contributed by atoms with E-state index in [1.165, 1.54) is 0 Å². The van der Waals surface area contributed by atoms with Crippen LogP contribution >= 0.6 is 0 Å². The highest BCUT2D eigenvalue weighted by Crippen LogP contribution is 2.30. The average molecular weight is 393 g/mol. The summed E-state index contributed by atoms with van der Waals surface area (Å²) in [6.07, 6.45) is 3.36. The van der Waals surface area contributed by atoms with Crippen molar-refractivity contribution in [2.45, 2.75) is 38.6 Å². The molecule has 0 aliphatic carbocycles. The Hall–Kier alpha value is -2.86. The van der Waals surface area contributed by atoms with E-state index in [2.05, 4.69) is 16.0 Å². The maximum absolute atomic E-state index is 13.1. The molecule has 6 heteroatoms. The van der Waals surface area contributed by atoms with E-state index in [0.717, 1.165) is 54.9 Å². The minimum atomic E-state index is -0.147. The van der Waals surface area contributed by atoms with Crippen molar-refractivity contribution in [1.82, 2.24) is 5.32 Å². The van der Waals surface area contributed by atoms with Crippen LogP contribution in [0.3, 0.4) is 0 Å². The summed E-state index contributed by atoms with van der Waals surface area (Å²) in [7, 11) is 1.78. The van der Waals surface area contributed by atoms with Gasteiger partial charge >= 0.3 is 0 Å². The van der Waals surface area contributed by atoms with Gasteiger partial charge in [-0.25, -0.2) is 0 Å². The molecule has 0 saturated carbocycles. The Balaban J connectivity index is 1.55. The lowest BCUT2D eigenvalue weighted by Crippen LogP contribution is -2.35. The second kappa shape index (κ2) is 8.25. The van der Waals surface area contributed by atoms with Crippen LogP contribution < -0.4 is 20.9 Å². The maximum atomic E-state index is 13.1. The highest BCUT2D eigenvalue weighted by Gasteiger charge is 2.22. The van der Waals surface area contributed by atoms with E-state index in [4.69, 9.17) is 0 Å². The van der Waals surface area contributed by atoms with Gasteiger partial charge in [-0.1, -0.05) is 12.1 Å². The first-order valence-electron chi connectivity index (χ1n) is 10.3. The summed E-state index contributed by atoms with van der Waals surface area (Å²) in [4.78, 5) is 26.7. The number of hydrogen-bond donors (Lipinski definition) is 3. The van der Waals surface area contributed by atoms with Crippen molar-refractivity contribution < 1.29 is 9.59 Å². The number of nitrogens with one attached hydrogen (secondary N) is 3. The number of piperidine rings is 1. The first-order chi connectivity index (χ1) is 14.0. The Morgan fingerprint density at radius 1 is 1.10 bits per heavy atom. The van der Waals surface area contributed by atoms with Gasteiger partial charge < -0.3 is 20.9 Å². The van der Waals surface area contributed by atoms with E-state index in [1.807, 2.05) is 43.3 Å². The highest BCUT2D eigenvalue weighted by molar-refractivity contribution is 6.08. The third kappa shape index (κ3) is 4.27. The van der Waals surface area contributed by atoms with E-state index in [1.54, 1.807) is 11.9 Å². The van der Waals surface area contributed by atoms with Gasteiger partial charge in [0, 0.05) is 36.6 Å². The number of nitrogens with zero attached hydrogens (tertiary/aromatic N) is 1. The zero-order valence-corrected chi connectivity index (χ0v) is 17.0. The van der Waals surface area contributed by atoms with Crippen LogP contribution in [0.2, 0.25) is 0 Å². The Kier molecular flexibility index (Phi) is 5.53. The van der Waals surface area contributed by atoms with Gasteiger partial charge in [0.2, 0.25) is 5.91 Å². The van der Waals surface area contributed by atoms with Gasteiger partial charge in [0.05, 0.1) is 5.56 Å². The third-order valence-electron chi connectivity index (χ3n) is 5.81. The number of hydrogen-bond acceptors (Lipinski definition) is 4. The predicted octanol–water partition coefficient (Wildman–Crippen LogP) is 3.32. The molecule has 152 valence electrons. The van der Waals surface area contributed by atoms with Crippen LogP contribution in [0, 0.1) is 6.92 Å². The molecule has 3 N–H and O–H groups in total. The zero-order chi connectivity index (χ0) is 20.4. The van der Waals surface area contributed by atoms with E-state index in [9.17, 15) is 9.59 Å². The third-order valence-corrected chi connectivity index (χ3v) is 5.81. The molecule has 0 radical (unpaired) electrons. The van der Waals surface area contributed by atoms with Crippen molar-refractivity contribution >= 4 is 28.9 Å². The molecule has 29 heavy (non-hydrogen) atoms. The van der Waals surface area contributed by atoms with Crippen molar-refractivity contribution in [1.29, 1.82) is 0 Å². The summed E-state index contributed by atoms with van der Waals surface area (Å²) >= 11 is 0. The lowest BCUT2D eigenvalue weighted by atomic mass is 10.0. The number of aryl methyl sites for hydroxylation is 2. The van der Waals surface area contributed by atoms with Crippen LogP contribution in [0.15, 0.2) is 36.4 Å². The van der Waals surface area contributed by atoms with Crippen LogP contribution in [-0.4, -0.2) is 38.0 Å². The molecule has 0 unspecified atom stereocenters. The molecule has 6 nitrogen and oxygen atoms in total. The number of fused-ring (bicyclic) bond motifs is 1. The second-order valence-corrected chi connectivity index (χ2v) is 7.97. The normalized spacial score (nSPS) is 17.0. The van der Waals surface area contributed by atoms with Gasteiger partial charge in [-0.15, -0.1) is 0 Å². The SMILES string of the molecule is Cc1ccc(C(=O)Nc2ccc3c(c2)N(C)C(=O)CC3)c(NC2CCNCC2)c1. The number of amides is 2. The van der Waals surface area contributed by atoms with Gasteiger partial charge in [-0.05, 0) is 74.7 Å². The fourth-order valence-electron chi connectivity index (χ4n) is 4.07. The summed E-state index contributed by atoms with van der Waals surface area (Å²) in [6, 6.07) is 12.0. The molecule has 1 fully saturated rings. The molecule has 0 spiro atoms. The molecule has 2 aliphatic rings. The molecule has 0 atom stereocenters. The van der Waals surface area contributed by atoms with Crippen LogP contribution in [0.4, 0.5) is 17.1 Å². The van der Waals surface area contributed by atoms with Crippen LogP contribution in [0.1, 0.15) is 40.7 Å². The smallest absolute Gasteiger partial charge is 0.257 e. The predicted molar refractivity (Wildman–Crippen MR) is 117 cm³/mol. The molecule has 0 aromatic heterocycles. The highest BCUT2D eigenvalue weighted by atomic mass is 16.2. The topological polar surface area (TPSA) is 73.5 Å². The molecule has 2 heterocycles. The van der Waals surface area contributed by atoms with Gasteiger partial charge in [-0.3, -0.25) is 9.59 Å². The fraction of sp³-hybridized carbons (Fsp3) is 0.391. The van der Waals surface area contributed by atoms with E-state index in [0.29, 0.717) is 23.7 Å². The fourth-order valence-corrected chi connectivity index (χ4v) is 4.07. The van der Waals surface area contributed by atoms with Gasteiger partial charge in [0.25, 0.3) is 5.91 Å². The molecule has 1 saturated heterocycles. The molecular weight excluding hydrogens is 364 g/mol. The molecule has 2 aromatic carbocycles. The number of benzene rings is 2. The van der Waals surface area contributed by atoms with E-state index >= 15 is 0 Å². The Morgan fingerprint density at radius 2 is 1.90 bits per heavy atom. The summed E-state index contributed by atoms with van der Waals surface area (Å²) < 4.78 is 0. The van der Waals surface area contributed by atoms with Gasteiger partial charge in [0.15, 0.2) is 0 Å². The Morgan fingerprint density at radius 3 is 2.69 bits per heavy atom. The maximum Gasteiger partial charge on any atom is 0.257 e. The molecule has 0 bridgehead atoms. The van der Waals surface area contributed by atoms with Gasteiger partial charge in [0.1, 0.15) is 0 Å². The number of carbonyl (C=O) groups excluding carboxylic acids is 2. The molecule has 2 aromatic rings. The first kappa shape index (κ1) is 19.5. The molecule has 4 rings (SSSR count). The lowest BCUT2D eigenvalue weighted by Gasteiger charge is -2.27. The van der Waals surface area contributed by atoms with Crippen LogP contribution in [-0.2, 0) is 11.2 Å². The van der Waals surface area contributed by atoms with Gasteiger partial charge in [-0.2, -0.15) is 0 Å². The summed E-state index contributed by atoms with van der Waals surface area (Å²) in [5, 5.41) is 9.94. The molecular formula is C23H28N4O2. The van der Waals surface area contributed by atoms with Crippen LogP contribution in [0.5, 0.6) is 0 Å². The Labute approximate surface area is 171 Å². The lowest BCUT2D eigenvalue weighted by molar-refractivity contribution is -0.118. The number of rotatable bonds is 4. The largest absolute Gasteiger partial charge is 0.382 e. The number of anilines is 3. The molecule has 2 aliphatic heterocycles. The quantitative estimate of drug-likeness (QED) is 0.746. The summed E-state index contributed by atoms with van der Waals surface area (Å²) in [5.74, 6) is -0.0425.